The van der Waals surface area contributed by atoms with Gasteiger partial charge in [0.1, 0.15) is 11.6 Å². The van der Waals surface area contributed by atoms with Gasteiger partial charge in [0.15, 0.2) is 5.11 Å². The quantitative estimate of drug-likeness (QED) is 0.525. The lowest BCUT2D eigenvalue weighted by Crippen LogP contribution is -2.33. The molecule has 0 heterocycles. The van der Waals surface area contributed by atoms with Crippen LogP contribution in [-0.2, 0) is 13.1 Å². The molecule has 0 spiro atoms. The number of nitrogens with one attached hydrogen (secondary N) is 1. The zero-order chi connectivity index (χ0) is 19.2. The SMILES string of the molecule is Fc1ccc(CN(Cc2ccccc2)C(=S)Nc2ccc(F)c(Cl)c2)cc1. The van der Waals surface area contributed by atoms with Crippen LogP contribution in [0.5, 0.6) is 0 Å². The van der Waals surface area contributed by atoms with Crippen LogP contribution in [0.1, 0.15) is 11.1 Å². The van der Waals surface area contributed by atoms with E-state index in [0.29, 0.717) is 23.9 Å². The van der Waals surface area contributed by atoms with Crippen molar-refractivity contribution in [2.45, 2.75) is 13.1 Å². The van der Waals surface area contributed by atoms with Crippen LogP contribution in [0.3, 0.4) is 0 Å². The first-order valence-electron chi connectivity index (χ1n) is 8.30. The van der Waals surface area contributed by atoms with E-state index in [2.05, 4.69) is 5.32 Å². The van der Waals surface area contributed by atoms with Crippen molar-refractivity contribution in [3.05, 3.63) is 101 Å². The van der Waals surface area contributed by atoms with Gasteiger partial charge in [-0.05, 0) is 53.7 Å². The first-order valence-corrected chi connectivity index (χ1v) is 9.09. The standard InChI is InChI=1S/C21H17ClF2N2S/c22-19-12-18(10-11-20(19)24)25-21(27)26(13-15-4-2-1-3-5-15)14-16-6-8-17(23)9-7-16/h1-12H,13-14H2,(H,25,27). The molecule has 1 N–H and O–H groups in total. The highest BCUT2D eigenvalue weighted by molar-refractivity contribution is 7.80. The van der Waals surface area contributed by atoms with E-state index in [1.54, 1.807) is 18.2 Å². The predicted octanol–water partition coefficient (Wildman–Crippen LogP) is 6.02. The van der Waals surface area contributed by atoms with E-state index in [1.165, 1.54) is 24.3 Å². The van der Waals surface area contributed by atoms with E-state index < -0.39 is 5.82 Å². The Kier molecular flexibility index (Phi) is 6.37. The second kappa shape index (κ2) is 8.93. The molecular weight excluding hydrogens is 386 g/mol. The first-order chi connectivity index (χ1) is 13.0. The van der Waals surface area contributed by atoms with Crippen molar-refractivity contribution >= 4 is 34.6 Å². The lowest BCUT2D eigenvalue weighted by molar-refractivity contribution is 0.412. The fraction of sp³-hybridized carbons (Fsp3) is 0.0952. The molecule has 0 aliphatic heterocycles. The molecule has 0 bridgehead atoms. The van der Waals surface area contributed by atoms with E-state index in [1.807, 2.05) is 35.2 Å². The van der Waals surface area contributed by atoms with Crippen molar-refractivity contribution in [3.8, 4) is 0 Å². The average molecular weight is 403 g/mol. The molecule has 0 fully saturated rings. The molecule has 0 aromatic heterocycles. The summed E-state index contributed by atoms with van der Waals surface area (Å²) in [6.07, 6.45) is 0. The van der Waals surface area contributed by atoms with Gasteiger partial charge in [0.25, 0.3) is 0 Å². The lowest BCUT2D eigenvalue weighted by atomic mass is 10.1. The minimum absolute atomic E-state index is 0.0240. The van der Waals surface area contributed by atoms with E-state index in [0.717, 1.165) is 11.1 Å². The summed E-state index contributed by atoms with van der Waals surface area (Å²) in [4.78, 5) is 1.95. The smallest absolute Gasteiger partial charge is 0.174 e. The molecule has 0 aliphatic rings. The minimum Gasteiger partial charge on any atom is -0.340 e. The normalized spacial score (nSPS) is 10.5. The van der Waals surface area contributed by atoms with E-state index >= 15 is 0 Å². The van der Waals surface area contributed by atoms with Gasteiger partial charge in [0.2, 0.25) is 0 Å². The van der Waals surface area contributed by atoms with Crippen molar-refractivity contribution in [1.82, 2.24) is 4.90 Å². The van der Waals surface area contributed by atoms with Crippen LogP contribution in [0.4, 0.5) is 14.5 Å². The molecule has 2 nitrogen and oxygen atoms in total. The summed E-state index contributed by atoms with van der Waals surface area (Å²) in [5, 5.41) is 3.58. The molecular formula is C21H17ClF2N2S. The third-order valence-electron chi connectivity index (χ3n) is 3.96. The molecule has 27 heavy (non-hydrogen) atoms. The molecule has 3 aromatic carbocycles. The predicted molar refractivity (Wildman–Crippen MR) is 110 cm³/mol. The Morgan fingerprint density at radius 1 is 0.889 bits per heavy atom. The summed E-state index contributed by atoms with van der Waals surface area (Å²) < 4.78 is 26.6. The molecule has 6 heteroatoms. The largest absolute Gasteiger partial charge is 0.340 e. The van der Waals surface area contributed by atoms with Gasteiger partial charge in [0, 0.05) is 18.8 Å². The van der Waals surface area contributed by atoms with E-state index in [4.69, 9.17) is 23.8 Å². The topological polar surface area (TPSA) is 15.3 Å². The molecule has 138 valence electrons. The van der Waals surface area contributed by atoms with Gasteiger partial charge in [-0.25, -0.2) is 8.78 Å². The fourth-order valence-electron chi connectivity index (χ4n) is 2.59. The van der Waals surface area contributed by atoms with Crippen molar-refractivity contribution in [2.75, 3.05) is 5.32 Å². The number of anilines is 1. The number of halogens is 3. The number of benzene rings is 3. The van der Waals surface area contributed by atoms with Crippen LogP contribution in [-0.4, -0.2) is 10.0 Å². The lowest BCUT2D eigenvalue weighted by Gasteiger charge is -2.26. The molecule has 0 aliphatic carbocycles. The van der Waals surface area contributed by atoms with Crippen LogP contribution in [0.2, 0.25) is 5.02 Å². The Balaban J connectivity index is 1.79. The highest BCUT2D eigenvalue weighted by Gasteiger charge is 2.13. The Bertz CT molecular complexity index is 917. The highest BCUT2D eigenvalue weighted by Crippen LogP contribution is 2.20. The van der Waals surface area contributed by atoms with Gasteiger partial charge in [-0.1, -0.05) is 54.1 Å². The molecule has 0 unspecified atom stereocenters. The van der Waals surface area contributed by atoms with Crippen LogP contribution >= 0.6 is 23.8 Å². The maximum absolute atomic E-state index is 13.4. The molecule has 0 amide bonds. The van der Waals surface area contributed by atoms with Gasteiger partial charge in [0.05, 0.1) is 5.02 Å². The number of hydrogen-bond acceptors (Lipinski definition) is 1. The van der Waals surface area contributed by atoms with Crippen LogP contribution in [0.15, 0.2) is 72.8 Å². The van der Waals surface area contributed by atoms with Gasteiger partial charge < -0.3 is 10.2 Å². The third-order valence-corrected chi connectivity index (χ3v) is 4.61. The molecule has 0 saturated heterocycles. The number of thiocarbonyl (C=S) groups is 1. The molecule has 0 atom stereocenters. The molecule has 3 rings (SSSR count). The van der Waals surface area contributed by atoms with Gasteiger partial charge >= 0.3 is 0 Å². The summed E-state index contributed by atoms with van der Waals surface area (Å²) >= 11 is 11.4. The van der Waals surface area contributed by atoms with Crippen molar-refractivity contribution in [1.29, 1.82) is 0 Å². The van der Waals surface area contributed by atoms with Crippen LogP contribution in [0, 0.1) is 11.6 Å². The Labute approximate surface area is 167 Å². The Morgan fingerprint density at radius 2 is 1.52 bits per heavy atom. The second-order valence-corrected chi connectivity index (χ2v) is 6.82. The van der Waals surface area contributed by atoms with Crippen molar-refractivity contribution in [3.63, 3.8) is 0 Å². The van der Waals surface area contributed by atoms with Crippen LogP contribution < -0.4 is 5.32 Å². The minimum atomic E-state index is -0.486. The summed E-state index contributed by atoms with van der Waals surface area (Å²) in [6, 6.07) is 20.5. The van der Waals surface area contributed by atoms with Crippen molar-refractivity contribution < 1.29 is 8.78 Å². The maximum Gasteiger partial charge on any atom is 0.174 e. The monoisotopic (exact) mass is 402 g/mol. The van der Waals surface area contributed by atoms with Gasteiger partial charge in [-0.2, -0.15) is 0 Å². The third kappa shape index (κ3) is 5.49. The van der Waals surface area contributed by atoms with Crippen LogP contribution in [0.25, 0.3) is 0 Å². The van der Waals surface area contributed by atoms with E-state index in [9.17, 15) is 8.78 Å². The second-order valence-electron chi connectivity index (χ2n) is 6.03. The summed E-state index contributed by atoms with van der Waals surface area (Å²) in [7, 11) is 0. The number of hydrogen-bond donors (Lipinski definition) is 1. The van der Waals surface area contributed by atoms with Gasteiger partial charge in [-0.15, -0.1) is 0 Å². The summed E-state index contributed by atoms with van der Waals surface area (Å²) in [5.41, 5.74) is 2.61. The summed E-state index contributed by atoms with van der Waals surface area (Å²) in [6.45, 7) is 1.06. The molecule has 3 aromatic rings. The molecule has 0 radical (unpaired) electrons. The first kappa shape index (κ1) is 19.3. The Morgan fingerprint density at radius 3 is 2.15 bits per heavy atom. The van der Waals surface area contributed by atoms with Crippen molar-refractivity contribution in [2.24, 2.45) is 0 Å². The highest BCUT2D eigenvalue weighted by atomic mass is 35.5. The fourth-order valence-corrected chi connectivity index (χ4v) is 3.02. The Hall–Kier alpha value is -2.50. The number of rotatable bonds is 5. The maximum atomic E-state index is 13.4. The van der Waals surface area contributed by atoms with E-state index in [-0.39, 0.29) is 10.8 Å². The zero-order valence-electron chi connectivity index (χ0n) is 14.3. The summed E-state index contributed by atoms with van der Waals surface area (Å²) in [5.74, 6) is -0.768. The number of nitrogens with zero attached hydrogens (tertiary/aromatic N) is 1. The van der Waals surface area contributed by atoms with Gasteiger partial charge in [-0.3, -0.25) is 0 Å². The molecule has 0 saturated carbocycles. The zero-order valence-corrected chi connectivity index (χ0v) is 15.9. The average Bonchev–Trinajstić information content (AvgIpc) is 2.67.